The predicted molar refractivity (Wildman–Crippen MR) is 151 cm³/mol. The first-order chi connectivity index (χ1) is 18.2. The first kappa shape index (κ1) is 28.1. The molecule has 1 unspecified atom stereocenters. The zero-order chi connectivity index (χ0) is 28.7. The van der Waals surface area contributed by atoms with E-state index in [-0.39, 0.29) is 34.5 Å². The van der Waals surface area contributed by atoms with Gasteiger partial charge in [0.15, 0.2) is 0 Å². The third kappa shape index (κ3) is 5.60. The Hall–Kier alpha value is -3.93. The number of likely N-dealkylation sites (tertiary alicyclic amines) is 1. The second-order valence-electron chi connectivity index (χ2n) is 12.1. The molecule has 1 N–H and O–H groups in total. The molecule has 1 heterocycles. The molecule has 5 nitrogen and oxygen atoms in total. The lowest BCUT2D eigenvalue weighted by Gasteiger charge is -2.27. The molecule has 4 rings (SSSR count). The maximum Gasteiger partial charge on any atom is 0.295 e. The highest BCUT2D eigenvalue weighted by atomic mass is 19.1. The van der Waals surface area contributed by atoms with Crippen molar-refractivity contribution in [3.63, 3.8) is 0 Å². The van der Waals surface area contributed by atoms with Crippen LogP contribution in [0.5, 0.6) is 5.75 Å². The molecular weight excluding hydrogens is 493 g/mol. The SMILES string of the molecule is COc1ccc(/C(O)=C2/C(=O)C(=O)N(Cc3ccc(F)cc3)C2c2ccc(C(C)(C)C)cc2)cc1C(C)(C)C. The van der Waals surface area contributed by atoms with E-state index in [1.807, 2.05) is 45.0 Å². The zero-order valence-electron chi connectivity index (χ0n) is 23.6. The van der Waals surface area contributed by atoms with Gasteiger partial charge in [-0.3, -0.25) is 9.59 Å². The van der Waals surface area contributed by atoms with Gasteiger partial charge in [0.05, 0.1) is 18.7 Å². The molecule has 204 valence electrons. The van der Waals surface area contributed by atoms with E-state index in [0.29, 0.717) is 22.4 Å². The predicted octanol–water partition coefficient (Wildman–Crippen LogP) is 7.05. The number of methoxy groups -OCH3 is 1. The molecule has 0 aliphatic carbocycles. The topological polar surface area (TPSA) is 66.8 Å². The van der Waals surface area contributed by atoms with Crippen LogP contribution < -0.4 is 4.74 Å². The van der Waals surface area contributed by atoms with Crippen LogP contribution in [0.25, 0.3) is 5.76 Å². The quantitative estimate of drug-likeness (QED) is 0.218. The molecule has 1 fully saturated rings. The largest absolute Gasteiger partial charge is 0.507 e. The molecule has 1 atom stereocenters. The lowest BCUT2D eigenvalue weighted by molar-refractivity contribution is -0.140. The number of nitrogens with zero attached hydrogens (tertiary/aromatic N) is 1. The lowest BCUT2D eigenvalue weighted by atomic mass is 9.84. The standard InChI is InChI=1S/C33H36FNO4/c1-32(2,3)23-13-10-21(11-14-23)28-27(29(36)22-12-17-26(39-7)25(18-22)33(4,5)6)30(37)31(38)35(28)19-20-8-15-24(34)16-9-20/h8-18,28,36H,19H2,1-7H3/b29-27-. The van der Waals surface area contributed by atoms with Gasteiger partial charge in [-0.15, -0.1) is 0 Å². The number of carbonyl (C=O) groups is 2. The molecular formula is C33H36FNO4. The second kappa shape index (κ2) is 10.3. The Morgan fingerprint density at radius 3 is 2.05 bits per heavy atom. The van der Waals surface area contributed by atoms with Gasteiger partial charge in [-0.2, -0.15) is 0 Å². The molecule has 1 saturated heterocycles. The molecule has 1 aliphatic rings. The minimum Gasteiger partial charge on any atom is -0.507 e. The fourth-order valence-corrected chi connectivity index (χ4v) is 4.94. The maximum absolute atomic E-state index is 13.6. The fraction of sp³-hybridized carbons (Fsp3) is 0.333. The first-order valence-corrected chi connectivity index (χ1v) is 13.0. The number of hydrogen-bond donors (Lipinski definition) is 1. The van der Waals surface area contributed by atoms with Crippen LogP contribution >= 0.6 is 0 Å². The number of amides is 1. The van der Waals surface area contributed by atoms with E-state index in [2.05, 4.69) is 20.8 Å². The summed E-state index contributed by atoms with van der Waals surface area (Å²) >= 11 is 0. The van der Waals surface area contributed by atoms with E-state index in [4.69, 9.17) is 4.74 Å². The van der Waals surface area contributed by atoms with Gasteiger partial charge in [-0.05, 0) is 57.9 Å². The number of ether oxygens (including phenoxy) is 1. The summed E-state index contributed by atoms with van der Waals surface area (Å²) in [6.07, 6.45) is 0. The highest BCUT2D eigenvalue weighted by Gasteiger charge is 2.46. The lowest BCUT2D eigenvalue weighted by Crippen LogP contribution is -2.29. The molecule has 1 aliphatic heterocycles. The van der Waals surface area contributed by atoms with Crippen LogP contribution in [-0.4, -0.2) is 28.8 Å². The van der Waals surface area contributed by atoms with E-state index >= 15 is 0 Å². The zero-order valence-corrected chi connectivity index (χ0v) is 23.6. The Balaban J connectivity index is 1.89. The molecule has 0 bridgehead atoms. The van der Waals surface area contributed by atoms with E-state index < -0.39 is 17.7 Å². The Morgan fingerprint density at radius 1 is 0.897 bits per heavy atom. The number of hydrogen-bond acceptors (Lipinski definition) is 4. The smallest absolute Gasteiger partial charge is 0.295 e. The summed E-state index contributed by atoms with van der Waals surface area (Å²) in [5.41, 5.74) is 3.42. The van der Waals surface area contributed by atoms with Crippen LogP contribution in [0.3, 0.4) is 0 Å². The van der Waals surface area contributed by atoms with Crippen molar-refractivity contribution in [2.24, 2.45) is 0 Å². The number of Topliss-reactive ketones (excluding diaryl/α,β-unsaturated/α-hetero) is 1. The molecule has 39 heavy (non-hydrogen) atoms. The van der Waals surface area contributed by atoms with Crippen LogP contribution in [0.4, 0.5) is 4.39 Å². The van der Waals surface area contributed by atoms with Gasteiger partial charge in [0, 0.05) is 17.7 Å². The highest BCUT2D eigenvalue weighted by Crippen LogP contribution is 2.42. The molecule has 0 radical (unpaired) electrons. The van der Waals surface area contributed by atoms with Gasteiger partial charge in [0.1, 0.15) is 17.3 Å². The molecule has 3 aromatic rings. The highest BCUT2D eigenvalue weighted by molar-refractivity contribution is 6.46. The van der Waals surface area contributed by atoms with Gasteiger partial charge in [0.25, 0.3) is 11.7 Å². The molecule has 0 spiro atoms. The minimum atomic E-state index is -0.816. The van der Waals surface area contributed by atoms with Crippen molar-refractivity contribution in [1.29, 1.82) is 0 Å². The van der Waals surface area contributed by atoms with E-state index in [1.54, 1.807) is 37.4 Å². The Morgan fingerprint density at radius 2 is 1.51 bits per heavy atom. The van der Waals surface area contributed by atoms with Crippen molar-refractivity contribution in [1.82, 2.24) is 4.90 Å². The Kier molecular flexibility index (Phi) is 7.44. The van der Waals surface area contributed by atoms with Crippen LogP contribution in [-0.2, 0) is 27.0 Å². The number of aliphatic hydroxyl groups is 1. The molecule has 6 heteroatoms. The average Bonchev–Trinajstić information content (AvgIpc) is 3.13. The van der Waals surface area contributed by atoms with E-state index in [0.717, 1.165) is 11.1 Å². The average molecular weight is 530 g/mol. The first-order valence-electron chi connectivity index (χ1n) is 13.0. The Labute approximate surface area is 229 Å². The third-order valence-electron chi connectivity index (χ3n) is 7.18. The van der Waals surface area contributed by atoms with Crippen molar-refractivity contribution in [3.8, 4) is 5.75 Å². The van der Waals surface area contributed by atoms with Crippen LogP contribution in [0.15, 0.2) is 72.3 Å². The van der Waals surface area contributed by atoms with E-state index in [1.165, 1.54) is 17.0 Å². The number of benzene rings is 3. The van der Waals surface area contributed by atoms with Crippen molar-refractivity contribution < 1.29 is 23.8 Å². The summed E-state index contributed by atoms with van der Waals surface area (Å²) in [4.78, 5) is 28.3. The van der Waals surface area contributed by atoms with Crippen LogP contribution in [0.2, 0.25) is 0 Å². The van der Waals surface area contributed by atoms with Crippen molar-refractivity contribution in [2.75, 3.05) is 7.11 Å². The van der Waals surface area contributed by atoms with Gasteiger partial charge in [0.2, 0.25) is 0 Å². The van der Waals surface area contributed by atoms with Gasteiger partial charge in [-0.1, -0.05) is 77.9 Å². The monoisotopic (exact) mass is 529 g/mol. The van der Waals surface area contributed by atoms with Crippen molar-refractivity contribution in [2.45, 2.75) is 65.0 Å². The second-order valence-corrected chi connectivity index (χ2v) is 12.1. The third-order valence-corrected chi connectivity index (χ3v) is 7.18. The normalized spacial score (nSPS) is 17.5. The summed E-state index contributed by atoms with van der Waals surface area (Å²) < 4.78 is 19.1. The summed E-state index contributed by atoms with van der Waals surface area (Å²) in [5.74, 6) is -1.43. The van der Waals surface area contributed by atoms with Crippen molar-refractivity contribution in [3.05, 3.63) is 106 Å². The Bertz CT molecular complexity index is 1420. The van der Waals surface area contributed by atoms with Gasteiger partial charge >= 0.3 is 0 Å². The van der Waals surface area contributed by atoms with E-state index in [9.17, 15) is 19.1 Å². The number of ketones is 1. The summed E-state index contributed by atoms with van der Waals surface area (Å²) in [6.45, 7) is 12.5. The van der Waals surface area contributed by atoms with Crippen LogP contribution in [0.1, 0.15) is 75.4 Å². The molecule has 1 amide bonds. The van der Waals surface area contributed by atoms with Gasteiger partial charge in [-0.25, -0.2) is 4.39 Å². The molecule has 0 aromatic heterocycles. The van der Waals surface area contributed by atoms with Gasteiger partial charge < -0.3 is 14.7 Å². The number of rotatable bonds is 5. The van der Waals surface area contributed by atoms with Crippen molar-refractivity contribution >= 4 is 17.4 Å². The summed E-state index contributed by atoms with van der Waals surface area (Å²) in [6, 6.07) is 18.0. The number of aliphatic hydroxyl groups excluding tert-OH is 1. The molecule has 3 aromatic carbocycles. The number of halogens is 1. The minimum absolute atomic E-state index is 0.0237. The van der Waals surface area contributed by atoms with Crippen LogP contribution in [0, 0.1) is 5.82 Å². The maximum atomic E-state index is 13.6. The summed E-state index contributed by atoms with van der Waals surface area (Å²) in [5, 5.41) is 11.6. The fourth-order valence-electron chi connectivity index (χ4n) is 4.94. The summed E-state index contributed by atoms with van der Waals surface area (Å²) in [7, 11) is 1.59. The molecule has 0 saturated carbocycles. The number of carbonyl (C=O) groups excluding carboxylic acids is 2.